The smallest absolute Gasteiger partial charge is 0.155 e. The van der Waals surface area contributed by atoms with E-state index in [1.165, 1.54) is 37.7 Å². The van der Waals surface area contributed by atoms with Gasteiger partial charge in [0.25, 0.3) is 0 Å². The molecule has 6 rings (SSSR count). The Morgan fingerprint density at radius 2 is 1.91 bits per heavy atom. The van der Waals surface area contributed by atoms with E-state index in [2.05, 4.69) is 35.0 Å². The number of carbonyl (C=O) groups excluding carboxylic acids is 1. The average molecular weight is 438 g/mol. The first-order valence-electron chi connectivity index (χ1n) is 13.3. The summed E-state index contributed by atoms with van der Waals surface area (Å²) < 4.78 is 2.06. The van der Waals surface area contributed by atoms with Gasteiger partial charge in [-0.2, -0.15) is 0 Å². The third-order valence-electron chi connectivity index (χ3n) is 10.7. The van der Waals surface area contributed by atoms with E-state index in [0.717, 1.165) is 50.6 Å². The highest BCUT2D eigenvalue weighted by atomic mass is 16.3. The number of nitrogens with zero attached hydrogens (tertiary/aromatic N) is 3. The number of carbonyl (C=O) groups is 1. The number of hydrogen-bond acceptors (Lipinski definition) is 4. The molecule has 0 amide bonds. The molecule has 174 valence electrons. The summed E-state index contributed by atoms with van der Waals surface area (Å²) in [6.45, 7) is 4.75. The predicted octanol–water partition coefficient (Wildman–Crippen LogP) is 5.36. The molecule has 5 aliphatic carbocycles. The summed E-state index contributed by atoms with van der Waals surface area (Å²) in [6, 6.07) is 0.451. The lowest BCUT2D eigenvalue weighted by Crippen LogP contribution is -2.53. The van der Waals surface area contributed by atoms with Crippen LogP contribution in [-0.4, -0.2) is 25.9 Å². The second-order valence-electron chi connectivity index (χ2n) is 12.1. The standard InChI is InChI=1S/C27H39N3O2/c1-17-14-18-15-20(31)8-9-21(18)22-10-12-26(2)23(25(17)22)11-13-27(26,32)24-16-30(29-28-24)19-6-4-3-5-7-19/h15-17,19,21-23,25,32H,3-14H2,1-2H3/t17-,21?,22?,23?,25?,26+,27-/m1/s1. The van der Waals surface area contributed by atoms with Crippen LogP contribution in [0.25, 0.3) is 0 Å². The van der Waals surface area contributed by atoms with Crippen molar-refractivity contribution < 1.29 is 9.90 Å². The van der Waals surface area contributed by atoms with Gasteiger partial charge in [0.15, 0.2) is 5.78 Å². The summed E-state index contributed by atoms with van der Waals surface area (Å²) in [5.74, 6) is 3.36. The van der Waals surface area contributed by atoms with Gasteiger partial charge >= 0.3 is 0 Å². The van der Waals surface area contributed by atoms with Gasteiger partial charge in [-0.1, -0.05) is 43.9 Å². The second kappa shape index (κ2) is 7.51. The number of hydrogen-bond donors (Lipinski definition) is 1. The molecule has 7 atom stereocenters. The molecular weight excluding hydrogens is 398 g/mol. The van der Waals surface area contributed by atoms with Crippen molar-refractivity contribution in [2.45, 2.75) is 103 Å². The molecule has 0 bridgehead atoms. The molecule has 4 saturated carbocycles. The largest absolute Gasteiger partial charge is 0.383 e. The number of rotatable bonds is 2. The Bertz CT molecular complexity index is 931. The molecule has 0 spiro atoms. The van der Waals surface area contributed by atoms with Crippen molar-refractivity contribution in [3.8, 4) is 0 Å². The molecule has 0 radical (unpaired) electrons. The van der Waals surface area contributed by atoms with Gasteiger partial charge in [-0.3, -0.25) is 4.79 Å². The number of fused-ring (bicyclic) bond motifs is 5. The van der Waals surface area contributed by atoms with E-state index in [9.17, 15) is 9.90 Å². The summed E-state index contributed by atoms with van der Waals surface area (Å²) in [4.78, 5) is 12.1. The number of ketones is 1. The Kier molecular flexibility index (Phi) is 4.95. The minimum absolute atomic E-state index is 0.137. The molecule has 0 saturated heterocycles. The van der Waals surface area contributed by atoms with Crippen molar-refractivity contribution in [1.82, 2.24) is 15.0 Å². The highest BCUT2D eigenvalue weighted by Gasteiger charge is 2.64. The zero-order valence-electron chi connectivity index (χ0n) is 19.8. The Morgan fingerprint density at radius 1 is 1.09 bits per heavy atom. The van der Waals surface area contributed by atoms with Crippen LogP contribution >= 0.6 is 0 Å². The molecule has 1 heterocycles. The number of aliphatic hydroxyl groups is 1. The Morgan fingerprint density at radius 3 is 2.72 bits per heavy atom. The molecule has 0 aliphatic heterocycles. The van der Waals surface area contributed by atoms with Crippen LogP contribution in [0.2, 0.25) is 0 Å². The zero-order valence-corrected chi connectivity index (χ0v) is 19.8. The van der Waals surface area contributed by atoms with E-state index in [1.807, 2.05) is 6.08 Å². The van der Waals surface area contributed by atoms with E-state index in [4.69, 9.17) is 0 Å². The van der Waals surface area contributed by atoms with Crippen LogP contribution < -0.4 is 0 Å². The van der Waals surface area contributed by atoms with Gasteiger partial charge in [0, 0.05) is 11.8 Å². The second-order valence-corrected chi connectivity index (χ2v) is 12.1. The molecule has 4 unspecified atom stereocenters. The SMILES string of the molecule is C[C@@H]1CC2=CC(=O)CCC2C2CC[C@@]3(C)C(CC[C@@]3(O)c3cn(C4CCCCC4)nn3)C21. The van der Waals surface area contributed by atoms with Crippen molar-refractivity contribution >= 4 is 5.78 Å². The van der Waals surface area contributed by atoms with E-state index >= 15 is 0 Å². The van der Waals surface area contributed by atoms with E-state index in [-0.39, 0.29) is 5.41 Å². The average Bonchev–Trinajstić information content (AvgIpc) is 3.38. The van der Waals surface area contributed by atoms with Crippen LogP contribution in [0.15, 0.2) is 17.8 Å². The maximum atomic E-state index is 12.2. The lowest BCUT2D eigenvalue weighted by atomic mass is 9.48. The topological polar surface area (TPSA) is 68.0 Å². The molecule has 5 aliphatic rings. The minimum atomic E-state index is -0.867. The Hall–Kier alpha value is -1.49. The predicted molar refractivity (Wildman–Crippen MR) is 123 cm³/mol. The molecule has 1 aromatic heterocycles. The van der Waals surface area contributed by atoms with Crippen LogP contribution in [0, 0.1) is 35.0 Å². The molecule has 4 fully saturated rings. The normalized spacial score (nSPS) is 44.5. The third-order valence-corrected chi connectivity index (χ3v) is 10.7. The summed E-state index contributed by atoms with van der Waals surface area (Å²) in [7, 11) is 0. The quantitative estimate of drug-likeness (QED) is 0.676. The molecule has 1 N–H and O–H groups in total. The highest BCUT2D eigenvalue weighted by Crippen LogP contribution is 2.68. The van der Waals surface area contributed by atoms with Gasteiger partial charge in [-0.15, -0.1) is 5.10 Å². The van der Waals surface area contributed by atoms with Crippen molar-refractivity contribution in [3.63, 3.8) is 0 Å². The number of aromatic nitrogens is 3. The minimum Gasteiger partial charge on any atom is -0.383 e. The summed E-state index contributed by atoms with van der Waals surface area (Å²) in [6.07, 6.45) is 17.3. The Labute approximate surface area is 192 Å². The van der Waals surface area contributed by atoms with Gasteiger partial charge in [0.2, 0.25) is 0 Å². The van der Waals surface area contributed by atoms with Gasteiger partial charge in [0.05, 0.1) is 12.2 Å². The maximum Gasteiger partial charge on any atom is 0.155 e. The van der Waals surface area contributed by atoms with Crippen LogP contribution in [0.1, 0.15) is 103 Å². The summed E-state index contributed by atoms with van der Waals surface area (Å²) in [5, 5.41) is 21.3. The van der Waals surface area contributed by atoms with E-state index in [0.29, 0.717) is 41.4 Å². The van der Waals surface area contributed by atoms with Gasteiger partial charge in [-0.25, -0.2) is 4.68 Å². The van der Waals surface area contributed by atoms with Crippen LogP contribution in [0.4, 0.5) is 0 Å². The lowest BCUT2D eigenvalue weighted by molar-refractivity contribution is -0.134. The van der Waals surface area contributed by atoms with Crippen molar-refractivity contribution in [3.05, 3.63) is 23.5 Å². The third kappa shape index (κ3) is 2.95. The maximum absolute atomic E-state index is 12.2. The molecule has 0 aromatic carbocycles. The summed E-state index contributed by atoms with van der Waals surface area (Å²) >= 11 is 0. The Balaban J connectivity index is 1.29. The fourth-order valence-corrected chi connectivity index (χ4v) is 9.02. The zero-order chi connectivity index (χ0) is 22.1. The first-order chi connectivity index (χ1) is 15.4. The lowest BCUT2D eigenvalue weighted by Gasteiger charge is -2.57. The van der Waals surface area contributed by atoms with Crippen molar-refractivity contribution in [1.29, 1.82) is 0 Å². The fourth-order valence-electron chi connectivity index (χ4n) is 9.02. The first-order valence-corrected chi connectivity index (χ1v) is 13.3. The highest BCUT2D eigenvalue weighted by molar-refractivity contribution is 5.91. The molecule has 5 heteroatoms. The van der Waals surface area contributed by atoms with Gasteiger partial charge < -0.3 is 5.11 Å². The van der Waals surface area contributed by atoms with Gasteiger partial charge in [0.1, 0.15) is 11.3 Å². The molecule has 5 nitrogen and oxygen atoms in total. The van der Waals surface area contributed by atoms with Gasteiger partial charge in [-0.05, 0) is 87.0 Å². The van der Waals surface area contributed by atoms with Crippen molar-refractivity contribution in [2.24, 2.45) is 35.0 Å². The molecular formula is C27H39N3O2. The van der Waals surface area contributed by atoms with Crippen LogP contribution in [0.5, 0.6) is 0 Å². The van der Waals surface area contributed by atoms with E-state index < -0.39 is 5.60 Å². The fraction of sp³-hybridized carbons (Fsp3) is 0.815. The number of allylic oxidation sites excluding steroid dienone is 1. The first kappa shape index (κ1) is 21.1. The van der Waals surface area contributed by atoms with Crippen molar-refractivity contribution in [2.75, 3.05) is 0 Å². The molecule has 1 aromatic rings. The van der Waals surface area contributed by atoms with E-state index in [1.54, 1.807) is 0 Å². The summed E-state index contributed by atoms with van der Waals surface area (Å²) in [5.41, 5.74) is 1.25. The van der Waals surface area contributed by atoms with Crippen LogP contribution in [-0.2, 0) is 10.4 Å². The monoisotopic (exact) mass is 437 g/mol. The van der Waals surface area contributed by atoms with Crippen LogP contribution in [0.3, 0.4) is 0 Å². The molecule has 32 heavy (non-hydrogen) atoms.